The summed E-state index contributed by atoms with van der Waals surface area (Å²) in [6, 6.07) is 87.8. The molecule has 0 unspecified atom stereocenters. The number of allylic oxidation sites excluding steroid dienone is 4. The van der Waals surface area contributed by atoms with E-state index >= 15 is 0 Å². The van der Waals surface area contributed by atoms with Crippen LogP contribution in [0, 0.1) is 0 Å². The van der Waals surface area contributed by atoms with E-state index in [0.29, 0.717) is 0 Å². The van der Waals surface area contributed by atoms with Crippen LogP contribution in [0.1, 0.15) is 81.8 Å². The quantitative estimate of drug-likeness (QED) is 0.119. The van der Waals surface area contributed by atoms with Gasteiger partial charge in [0.2, 0.25) is 0 Å². The lowest BCUT2D eigenvalue weighted by molar-refractivity contribution is 0.590. The Labute approximate surface area is 473 Å². The molecule has 2 nitrogen and oxygen atoms in total. The number of anilines is 5. The van der Waals surface area contributed by atoms with Crippen LogP contribution in [0.3, 0.4) is 0 Å². The van der Waals surface area contributed by atoms with Gasteiger partial charge in [0.1, 0.15) is 0 Å². The predicted molar refractivity (Wildman–Crippen MR) is 343 cm³/mol. The number of hydrogen-bond donors (Lipinski definition) is 0. The summed E-state index contributed by atoms with van der Waals surface area (Å²) in [7, 11) is 0. The van der Waals surface area contributed by atoms with E-state index in [2.05, 4.69) is 314 Å². The fourth-order valence-corrected chi connectivity index (χ4v) is 13.2. The molecule has 0 saturated carbocycles. The molecular formula is C78H66N2. The minimum atomic E-state index is -0.332. The minimum Gasteiger partial charge on any atom is -0.309 e. The maximum absolute atomic E-state index is 4.00. The highest BCUT2D eigenvalue weighted by atomic mass is 15.2. The third-order valence-electron chi connectivity index (χ3n) is 17.1. The molecular weight excluding hydrogens is 965 g/mol. The van der Waals surface area contributed by atoms with Crippen LogP contribution < -0.4 is 9.80 Å². The summed E-state index contributed by atoms with van der Waals surface area (Å²) in [6.07, 6.45) is 8.16. The highest BCUT2D eigenvalue weighted by Gasteiger charge is 2.42. The van der Waals surface area contributed by atoms with Crippen LogP contribution in [-0.4, -0.2) is 0 Å². The number of rotatable bonds is 11. The smallest absolute Gasteiger partial charge is 0.0543 e. The monoisotopic (exact) mass is 1030 g/mol. The van der Waals surface area contributed by atoms with Crippen molar-refractivity contribution in [2.75, 3.05) is 9.80 Å². The normalized spacial score (nSPS) is 14.0. The summed E-state index contributed by atoms with van der Waals surface area (Å²) in [4.78, 5) is 4.94. The van der Waals surface area contributed by atoms with Crippen LogP contribution in [0.25, 0.3) is 71.7 Å². The first-order valence-corrected chi connectivity index (χ1v) is 28.2. The predicted octanol–water partition coefficient (Wildman–Crippen LogP) is 21.6. The molecule has 0 N–H and O–H groups in total. The fraction of sp³-hybridized carbons (Fsp3) is 0.128. The summed E-state index contributed by atoms with van der Waals surface area (Å²) >= 11 is 0. The molecule has 13 rings (SSSR count). The Morgan fingerprint density at radius 2 is 0.912 bits per heavy atom. The van der Waals surface area contributed by atoms with E-state index in [4.69, 9.17) is 0 Å². The zero-order valence-electron chi connectivity index (χ0n) is 46.9. The Morgan fingerprint density at radius 3 is 1.54 bits per heavy atom. The molecule has 388 valence electrons. The van der Waals surface area contributed by atoms with Crippen molar-refractivity contribution in [3.63, 3.8) is 0 Å². The number of hydrogen-bond acceptors (Lipinski definition) is 2. The van der Waals surface area contributed by atoms with E-state index in [1.54, 1.807) is 0 Å². The van der Waals surface area contributed by atoms with Crippen molar-refractivity contribution in [1.29, 1.82) is 0 Å². The van der Waals surface area contributed by atoms with E-state index < -0.39 is 0 Å². The van der Waals surface area contributed by atoms with E-state index in [1.807, 2.05) is 12.2 Å². The van der Waals surface area contributed by atoms with Crippen LogP contribution in [0.15, 0.2) is 267 Å². The molecule has 2 aliphatic rings. The molecule has 0 aliphatic heterocycles. The molecule has 2 heteroatoms. The highest BCUT2D eigenvalue weighted by Crippen LogP contribution is 2.59. The van der Waals surface area contributed by atoms with Crippen molar-refractivity contribution in [2.45, 2.75) is 64.7 Å². The first-order valence-electron chi connectivity index (χ1n) is 28.2. The van der Waals surface area contributed by atoms with Gasteiger partial charge in [0, 0.05) is 38.5 Å². The minimum absolute atomic E-state index is 0.162. The standard InChI is InChI=1S/C78H66N2/c1-9-10-15-43-70(53-32-18-12-19-33-53)79(55-34-20-13-21-35-55)72-51-69-75(61-42-27-25-40-59(61)72)64-49-65(76(2,3)4)63(48-67(64)78(69,7)8)54-45-46-62-66(47-54)77(5,6)68-50-73(58-39-24-26-41-60(58)74(62)68)80(56-36-22-14-23-37-56)71-44-29-28-38-57(71)52-30-16-11-17-31-52/h9-51H,1H2,2-8H3/b15-10-,70-43+. The molecule has 0 spiro atoms. The van der Waals surface area contributed by atoms with E-state index in [-0.39, 0.29) is 16.2 Å². The molecule has 2 aliphatic carbocycles. The molecule has 0 atom stereocenters. The lowest BCUT2D eigenvalue weighted by atomic mass is 9.76. The molecule has 0 amide bonds. The Bertz CT molecular complexity index is 4270. The first-order chi connectivity index (χ1) is 38.8. The molecule has 0 aromatic heterocycles. The number of para-hydroxylation sites is 3. The third kappa shape index (κ3) is 8.24. The largest absolute Gasteiger partial charge is 0.309 e. The summed E-state index contributed by atoms with van der Waals surface area (Å²) in [5, 5.41) is 4.95. The summed E-state index contributed by atoms with van der Waals surface area (Å²) < 4.78 is 0. The second-order valence-corrected chi connectivity index (χ2v) is 23.7. The first kappa shape index (κ1) is 50.3. The van der Waals surface area contributed by atoms with E-state index in [0.717, 1.165) is 34.0 Å². The second kappa shape index (κ2) is 19.6. The topological polar surface area (TPSA) is 6.48 Å². The molecule has 0 fully saturated rings. The average Bonchev–Trinajstić information content (AvgIpc) is 4.11. The van der Waals surface area contributed by atoms with Crippen molar-refractivity contribution < 1.29 is 0 Å². The zero-order valence-corrected chi connectivity index (χ0v) is 46.9. The van der Waals surface area contributed by atoms with Gasteiger partial charge in [-0.25, -0.2) is 0 Å². The van der Waals surface area contributed by atoms with Crippen molar-refractivity contribution >= 4 is 55.7 Å². The highest BCUT2D eigenvalue weighted by molar-refractivity contribution is 6.13. The fourth-order valence-electron chi connectivity index (χ4n) is 13.2. The van der Waals surface area contributed by atoms with Crippen LogP contribution in [0.4, 0.5) is 28.4 Å². The Kier molecular flexibility index (Phi) is 12.3. The maximum Gasteiger partial charge on any atom is 0.0543 e. The Hall–Kier alpha value is -9.24. The van der Waals surface area contributed by atoms with Crippen molar-refractivity contribution in [2.24, 2.45) is 0 Å². The van der Waals surface area contributed by atoms with Gasteiger partial charge < -0.3 is 9.80 Å². The molecule has 80 heavy (non-hydrogen) atoms. The third-order valence-corrected chi connectivity index (χ3v) is 17.1. The van der Waals surface area contributed by atoms with E-state index in [9.17, 15) is 0 Å². The molecule has 0 saturated heterocycles. The van der Waals surface area contributed by atoms with Gasteiger partial charge in [-0.3, -0.25) is 0 Å². The second-order valence-electron chi connectivity index (χ2n) is 23.7. The average molecular weight is 1030 g/mol. The van der Waals surface area contributed by atoms with Crippen molar-refractivity contribution in [1.82, 2.24) is 0 Å². The molecule has 11 aromatic rings. The molecule has 11 aromatic carbocycles. The number of nitrogens with zero attached hydrogens (tertiary/aromatic N) is 2. The van der Waals surface area contributed by atoms with Gasteiger partial charge in [-0.2, -0.15) is 0 Å². The van der Waals surface area contributed by atoms with Crippen LogP contribution in [-0.2, 0) is 16.2 Å². The summed E-state index contributed by atoms with van der Waals surface area (Å²) in [6.45, 7) is 20.9. The number of benzene rings is 11. The molecule has 0 heterocycles. The van der Waals surface area contributed by atoms with Gasteiger partial charge in [-0.15, -0.1) is 0 Å². The van der Waals surface area contributed by atoms with Crippen LogP contribution in [0.5, 0.6) is 0 Å². The SMILES string of the molecule is C=C/C=C\C=C(/c1ccccc1)N(c1ccccc1)c1cc2c(c3ccccc13)-c1cc(C(C)(C)C)c(-c3ccc4c(c3)C(C)(C)c3cc(N(c5ccccc5)c5ccccc5-c5ccccc5)c5ccccc5c3-4)cc1C2(C)C. The molecule has 0 radical (unpaired) electrons. The van der Waals surface area contributed by atoms with Crippen LogP contribution >= 0.6 is 0 Å². The Morgan fingerprint density at radius 1 is 0.400 bits per heavy atom. The van der Waals surface area contributed by atoms with Gasteiger partial charge in [0.25, 0.3) is 0 Å². The summed E-state index contributed by atoms with van der Waals surface area (Å²) in [5.74, 6) is 0. The summed E-state index contributed by atoms with van der Waals surface area (Å²) in [5.41, 5.74) is 24.0. The van der Waals surface area contributed by atoms with E-state index in [1.165, 1.54) is 99.6 Å². The van der Waals surface area contributed by atoms with Gasteiger partial charge in [0.05, 0.1) is 22.8 Å². The van der Waals surface area contributed by atoms with Gasteiger partial charge in [0.15, 0.2) is 0 Å². The lowest BCUT2D eigenvalue weighted by Gasteiger charge is -2.31. The lowest BCUT2D eigenvalue weighted by Crippen LogP contribution is -2.19. The van der Waals surface area contributed by atoms with Crippen molar-refractivity contribution in [3.05, 3.63) is 301 Å². The van der Waals surface area contributed by atoms with Crippen LogP contribution in [0.2, 0.25) is 0 Å². The van der Waals surface area contributed by atoms with Gasteiger partial charge in [-0.1, -0.05) is 249 Å². The van der Waals surface area contributed by atoms with Gasteiger partial charge >= 0.3 is 0 Å². The number of fused-ring (bicyclic) bond motifs is 10. The maximum atomic E-state index is 4.00. The Balaban J connectivity index is 0.979. The molecule has 0 bridgehead atoms. The zero-order chi connectivity index (χ0) is 54.9. The van der Waals surface area contributed by atoms with Gasteiger partial charge in [-0.05, 0) is 155 Å². The van der Waals surface area contributed by atoms with Crippen molar-refractivity contribution in [3.8, 4) is 44.5 Å².